The Kier molecular flexibility index (Phi) is 4.56. The lowest BCUT2D eigenvalue weighted by Gasteiger charge is -2.27. The van der Waals surface area contributed by atoms with E-state index in [1.54, 1.807) is 29.5 Å². The van der Waals surface area contributed by atoms with Gasteiger partial charge in [-0.25, -0.2) is 9.67 Å². The first kappa shape index (κ1) is 17.6. The highest BCUT2D eigenvalue weighted by Crippen LogP contribution is 2.27. The van der Waals surface area contributed by atoms with Crippen LogP contribution in [0.2, 0.25) is 0 Å². The number of fused-ring (bicyclic) bond motifs is 1. The van der Waals surface area contributed by atoms with E-state index in [-0.39, 0.29) is 5.91 Å². The molecule has 5 rings (SSSR count). The smallest absolute Gasteiger partial charge is 0.254 e. The Balaban J connectivity index is 1.64. The molecule has 7 heteroatoms. The van der Waals surface area contributed by atoms with E-state index in [4.69, 9.17) is 9.40 Å². The van der Waals surface area contributed by atoms with Gasteiger partial charge < -0.3 is 9.32 Å². The van der Waals surface area contributed by atoms with Gasteiger partial charge in [0.2, 0.25) is 0 Å². The Labute approximate surface area is 168 Å². The first-order valence-electron chi connectivity index (χ1n) is 9.88. The van der Waals surface area contributed by atoms with Crippen LogP contribution in [0.5, 0.6) is 0 Å². The maximum Gasteiger partial charge on any atom is 0.254 e. The van der Waals surface area contributed by atoms with Crippen LogP contribution in [-0.2, 0) is 6.54 Å². The molecule has 1 fully saturated rings. The van der Waals surface area contributed by atoms with Gasteiger partial charge in [-0.1, -0.05) is 0 Å². The minimum Gasteiger partial charge on any atom is -0.467 e. The van der Waals surface area contributed by atoms with Gasteiger partial charge in [0.25, 0.3) is 5.91 Å². The number of aromatic nitrogens is 4. The molecule has 1 saturated heterocycles. The molecule has 0 bridgehead atoms. The van der Waals surface area contributed by atoms with Gasteiger partial charge in [0.05, 0.1) is 29.1 Å². The van der Waals surface area contributed by atoms with E-state index in [2.05, 4.69) is 10.1 Å². The zero-order chi connectivity index (χ0) is 19.6. The molecule has 0 atom stereocenters. The van der Waals surface area contributed by atoms with Crippen molar-refractivity contribution in [1.82, 2.24) is 24.6 Å². The third-order valence-electron chi connectivity index (χ3n) is 5.33. The van der Waals surface area contributed by atoms with E-state index < -0.39 is 0 Å². The molecule has 29 heavy (non-hydrogen) atoms. The number of furan rings is 1. The molecule has 1 amide bonds. The molecule has 0 N–H and O–H groups in total. The molecule has 0 spiro atoms. The average Bonchev–Trinajstić information content (AvgIpc) is 3.44. The number of pyridine rings is 2. The number of carbonyl (C=O) groups excluding carboxylic acids is 1. The lowest BCUT2D eigenvalue weighted by molar-refractivity contribution is 0.0726. The van der Waals surface area contributed by atoms with Gasteiger partial charge in [-0.3, -0.25) is 9.78 Å². The lowest BCUT2D eigenvalue weighted by Crippen LogP contribution is -2.35. The normalized spacial score (nSPS) is 14.4. The summed E-state index contributed by atoms with van der Waals surface area (Å²) in [6.07, 6.45) is 10.1. The van der Waals surface area contributed by atoms with Gasteiger partial charge in [-0.05, 0) is 49.6 Å². The Morgan fingerprint density at radius 2 is 2.00 bits per heavy atom. The van der Waals surface area contributed by atoms with Crippen LogP contribution in [0, 0.1) is 0 Å². The van der Waals surface area contributed by atoms with E-state index in [1.807, 2.05) is 35.2 Å². The van der Waals surface area contributed by atoms with Crippen LogP contribution in [0.4, 0.5) is 0 Å². The van der Waals surface area contributed by atoms with Crippen molar-refractivity contribution in [2.75, 3.05) is 13.1 Å². The minimum absolute atomic E-state index is 0.0415. The number of piperidine rings is 1. The molecule has 0 radical (unpaired) electrons. The summed E-state index contributed by atoms with van der Waals surface area (Å²) in [5.41, 5.74) is 2.89. The average molecular weight is 387 g/mol. The molecule has 4 aromatic heterocycles. The summed E-state index contributed by atoms with van der Waals surface area (Å²) in [5, 5.41) is 5.26. The highest BCUT2D eigenvalue weighted by atomic mass is 16.3. The molecule has 0 aliphatic carbocycles. The standard InChI is InChI=1S/C22H21N5O2/c28-22(26-9-2-1-3-10-26)18-12-20(16-6-4-8-23-13-16)25-21-19(18)14-24-27(21)15-17-7-5-11-29-17/h4-8,11-14H,1-3,9-10,15H2. The predicted molar refractivity (Wildman–Crippen MR) is 108 cm³/mol. The third kappa shape index (κ3) is 3.40. The van der Waals surface area contributed by atoms with Crippen molar-refractivity contribution in [2.24, 2.45) is 0 Å². The van der Waals surface area contributed by atoms with E-state index in [1.165, 1.54) is 6.42 Å². The third-order valence-corrected chi connectivity index (χ3v) is 5.33. The fourth-order valence-corrected chi connectivity index (χ4v) is 3.82. The van der Waals surface area contributed by atoms with Crippen LogP contribution < -0.4 is 0 Å². The largest absolute Gasteiger partial charge is 0.467 e. The molecule has 0 unspecified atom stereocenters. The second-order valence-corrected chi connectivity index (χ2v) is 7.27. The SMILES string of the molecule is O=C(c1cc(-c2cccnc2)nc2c1cnn2Cc1ccco1)N1CCCCC1. The van der Waals surface area contributed by atoms with E-state index >= 15 is 0 Å². The summed E-state index contributed by atoms with van der Waals surface area (Å²) < 4.78 is 7.25. The molecule has 4 aromatic rings. The summed E-state index contributed by atoms with van der Waals surface area (Å²) in [4.78, 5) is 24.3. The van der Waals surface area contributed by atoms with Crippen LogP contribution in [0.15, 0.2) is 59.6 Å². The maximum atomic E-state index is 13.4. The maximum absolute atomic E-state index is 13.4. The van der Waals surface area contributed by atoms with Gasteiger partial charge in [-0.15, -0.1) is 0 Å². The summed E-state index contributed by atoms with van der Waals surface area (Å²) in [7, 11) is 0. The fraction of sp³-hybridized carbons (Fsp3) is 0.273. The van der Waals surface area contributed by atoms with E-state index in [0.717, 1.165) is 42.6 Å². The van der Waals surface area contributed by atoms with Crippen LogP contribution >= 0.6 is 0 Å². The second-order valence-electron chi connectivity index (χ2n) is 7.27. The second kappa shape index (κ2) is 7.50. The first-order valence-corrected chi connectivity index (χ1v) is 9.88. The van der Waals surface area contributed by atoms with Crippen molar-refractivity contribution in [3.63, 3.8) is 0 Å². The molecule has 7 nitrogen and oxygen atoms in total. The van der Waals surface area contributed by atoms with E-state index in [0.29, 0.717) is 23.4 Å². The van der Waals surface area contributed by atoms with Crippen LogP contribution in [0.3, 0.4) is 0 Å². The molecular weight excluding hydrogens is 366 g/mol. The number of amides is 1. The number of likely N-dealkylation sites (tertiary alicyclic amines) is 1. The Hall–Kier alpha value is -3.48. The molecule has 1 aliphatic rings. The van der Waals surface area contributed by atoms with Crippen molar-refractivity contribution in [1.29, 1.82) is 0 Å². The van der Waals surface area contributed by atoms with Crippen LogP contribution in [-0.4, -0.2) is 43.6 Å². The lowest BCUT2D eigenvalue weighted by atomic mass is 10.1. The minimum atomic E-state index is 0.0415. The number of carbonyl (C=O) groups is 1. The van der Waals surface area contributed by atoms with Crippen molar-refractivity contribution in [3.05, 3.63) is 66.5 Å². The number of rotatable bonds is 4. The van der Waals surface area contributed by atoms with Crippen molar-refractivity contribution < 1.29 is 9.21 Å². The molecule has 0 aromatic carbocycles. The predicted octanol–water partition coefficient (Wildman–Crippen LogP) is 3.76. The molecule has 1 aliphatic heterocycles. The van der Waals surface area contributed by atoms with Crippen molar-refractivity contribution in [3.8, 4) is 11.3 Å². The summed E-state index contributed by atoms with van der Waals surface area (Å²) >= 11 is 0. The Morgan fingerprint density at radius 3 is 2.76 bits per heavy atom. The van der Waals surface area contributed by atoms with Gasteiger partial charge in [0, 0.05) is 31.0 Å². The zero-order valence-electron chi connectivity index (χ0n) is 16.0. The number of hydrogen-bond donors (Lipinski definition) is 0. The molecule has 0 saturated carbocycles. The topological polar surface area (TPSA) is 77.0 Å². The van der Waals surface area contributed by atoms with Crippen molar-refractivity contribution in [2.45, 2.75) is 25.8 Å². The van der Waals surface area contributed by atoms with Gasteiger partial charge in [0.15, 0.2) is 5.65 Å². The van der Waals surface area contributed by atoms with Crippen molar-refractivity contribution >= 4 is 16.9 Å². The highest BCUT2D eigenvalue weighted by molar-refractivity contribution is 6.06. The number of hydrogen-bond acceptors (Lipinski definition) is 5. The number of nitrogens with zero attached hydrogens (tertiary/aromatic N) is 5. The Bertz CT molecular complexity index is 1130. The van der Waals surface area contributed by atoms with Crippen LogP contribution in [0.25, 0.3) is 22.3 Å². The first-order chi connectivity index (χ1) is 14.3. The van der Waals surface area contributed by atoms with E-state index in [9.17, 15) is 4.79 Å². The highest BCUT2D eigenvalue weighted by Gasteiger charge is 2.23. The molecule has 146 valence electrons. The molecular formula is C22H21N5O2. The monoisotopic (exact) mass is 387 g/mol. The summed E-state index contributed by atoms with van der Waals surface area (Å²) in [6.45, 7) is 2.05. The fourth-order valence-electron chi connectivity index (χ4n) is 3.82. The quantitative estimate of drug-likeness (QED) is 0.533. The Morgan fingerprint density at radius 1 is 1.10 bits per heavy atom. The zero-order valence-corrected chi connectivity index (χ0v) is 16.0. The van der Waals surface area contributed by atoms with Gasteiger partial charge in [-0.2, -0.15) is 5.10 Å². The summed E-state index contributed by atoms with van der Waals surface area (Å²) in [6, 6.07) is 9.44. The van der Waals surface area contributed by atoms with Gasteiger partial charge >= 0.3 is 0 Å². The van der Waals surface area contributed by atoms with Gasteiger partial charge in [0.1, 0.15) is 12.3 Å². The molecule has 5 heterocycles. The summed E-state index contributed by atoms with van der Waals surface area (Å²) in [5.74, 6) is 0.826. The van der Waals surface area contributed by atoms with Crippen LogP contribution in [0.1, 0.15) is 35.4 Å².